The van der Waals surface area contributed by atoms with E-state index in [4.69, 9.17) is 18.0 Å². The van der Waals surface area contributed by atoms with Crippen LogP contribution in [0.25, 0.3) is 0 Å². The van der Waals surface area contributed by atoms with Crippen molar-refractivity contribution in [2.45, 2.75) is 27.2 Å². The first-order valence-electron chi connectivity index (χ1n) is 6.79. The fraction of sp³-hybridized carbons (Fsp3) is 0.235. The standard InChI is InChI=1S/C17H20N2S/c1-4-13-7-5-6-11(2)16(13)19-14-8-9-15(17(18)20)12(3)10-14/h5-10,19H,4H2,1-3H3,(H2,18,20). The monoisotopic (exact) mass is 284 g/mol. The molecule has 2 rings (SSSR count). The highest BCUT2D eigenvalue weighted by Gasteiger charge is 2.06. The lowest BCUT2D eigenvalue weighted by Crippen LogP contribution is -2.11. The average Bonchev–Trinajstić information content (AvgIpc) is 2.40. The van der Waals surface area contributed by atoms with Gasteiger partial charge in [0.15, 0.2) is 0 Å². The van der Waals surface area contributed by atoms with Crippen molar-refractivity contribution in [3.8, 4) is 0 Å². The second-order valence-corrected chi connectivity index (χ2v) is 5.42. The molecule has 0 unspecified atom stereocenters. The molecule has 104 valence electrons. The molecule has 0 fully saturated rings. The topological polar surface area (TPSA) is 38.0 Å². The highest BCUT2D eigenvalue weighted by atomic mass is 32.1. The molecule has 0 saturated carbocycles. The van der Waals surface area contributed by atoms with E-state index >= 15 is 0 Å². The highest BCUT2D eigenvalue weighted by Crippen LogP contribution is 2.26. The molecular weight excluding hydrogens is 264 g/mol. The van der Waals surface area contributed by atoms with E-state index in [1.807, 2.05) is 19.1 Å². The van der Waals surface area contributed by atoms with Crippen LogP contribution in [0.3, 0.4) is 0 Å². The molecule has 0 aromatic heterocycles. The Balaban J connectivity index is 2.36. The number of hydrogen-bond acceptors (Lipinski definition) is 2. The molecule has 3 heteroatoms. The van der Waals surface area contributed by atoms with E-state index in [-0.39, 0.29) is 0 Å². The second-order valence-electron chi connectivity index (χ2n) is 4.98. The van der Waals surface area contributed by atoms with E-state index in [2.05, 4.69) is 43.4 Å². The summed E-state index contributed by atoms with van der Waals surface area (Å²) in [4.78, 5) is 0.444. The van der Waals surface area contributed by atoms with Gasteiger partial charge in [0, 0.05) is 16.9 Å². The van der Waals surface area contributed by atoms with Crippen molar-refractivity contribution in [3.05, 3.63) is 58.7 Å². The molecule has 0 bridgehead atoms. The molecule has 3 N–H and O–H groups in total. The molecule has 0 aliphatic heterocycles. The van der Waals surface area contributed by atoms with E-state index in [1.54, 1.807) is 0 Å². The zero-order valence-electron chi connectivity index (χ0n) is 12.2. The van der Waals surface area contributed by atoms with Crippen LogP contribution in [0.1, 0.15) is 29.2 Å². The van der Waals surface area contributed by atoms with Crippen LogP contribution in [-0.2, 0) is 6.42 Å². The molecule has 0 heterocycles. The van der Waals surface area contributed by atoms with Gasteiger partial charge in [0.25, 0.3) is 0 Å². The summed E-state index contributed by atoms with van der Waals surface area (Å²) in [6.07, 6.45) is 1.01. The lowest BCUT2D eigenvalue weighted by Gasteiger charge is -2.15. The first-order valence-corrected chi connectivity index (χ1v) is 7.19. The van der Waals surface area contributed by atoms with Crippen LogP contribution in [0.4, 0.5) is 11.4 Å². The lowest BCUT2D eigenvalue weighted by molar-refractivity contribution is 1.13. The maximum atomic E-state index is 5.70. The number of thiocarbonyl (C=S) groups is 1. The van der Waals surface area contributed by atoms with Gasteiger partial charge in [-0.25, -0.2) is 0 Å². The summed E-state index contributed by atoms with van der Waals surface area (Å²) in [5.74, 6) is 0. The van der Waals surface area contributed by atoms with Gasteiger partial charge in [0.2, 0.25) is 0 Å². The third-order valence-corrected chi connectivity index (χ3v) is 3.72. The molecule has 0 spiro atoms. The zero-order valence-corrected chi connectivity index (χ0v) is 13.0. The number of aryl methyl sites for hydroxylation is 3. The largest absolute Gasteiger partial charge is 0.389 e. The number of nitrogens with two attached hydrogens (primary N) is 1. The van der Waals surface area contributed by atoms with Gasteiger partial charge < -0.3 is 11.1 Å². The number of para-hydroxylation sites is 1. The number of hydrogen-bond donors (Lipinski definition) is 2. The third-order valence-electron chi connectivity index (χ3n) is 3.50. The third kappa shape index (κ3) is 2.99. The van der Waals surface area contributed by atoms with E-state index in [1.165, 1.54) is 16.8 Å². The Kier molecular flexibility index (Phi) is 4.40. The molecule has 0 radical (unpaired) electrons. The van der Waals surface area contributed by atoms with E-state index < -0.39 is 0 Å². The van der Waals surface area contributed by atoms with Crippen LogP contribution in [0.15, 0.2) is 36.4 Å². The van der Waals surface area contributed by atoms with E-state index in [0.29, 0.717) is 4.99 Å². The Hall–Kier alpha value is -1.87. The summed E-state index contributed by atoms with van der Waals surface area (Å²) in [5.41, 5.74) is 12.6. The van der Waals surface area contributed by atoms with Gasteiger partial charge in [0.1, 0.15) is 4.99 Å². The molecule has 0 aliphatic carbocycles. The predicted octanol–water partition coefficient (Wildman–Crippen LogP) is 4.24. The summed E-state index contributed by atoms with van der Waals surface area (Å²) in [7, 11) is 0. The SMILES string of the molecule is CCc1cccc(C)c1Nc1ccc(C(N)=S)c(C)c1. The molecule has 2 aromatic rings. The molecule has 2 aromatic carbocycles. The number of nitrogens with one attached hydrogen (secondary N) is 1. The van der Waals surface area contributed by atoms with Crippen LogP contribution in [0, 0.1) is 13.8 Å². The smallest absolute Gasteiger partial charge is 0.104 e. The van der Waals surface area contributed by atoms with Gasteiger partial charge >= 0.3 is 0 Å². The maximum Gasteiger partial charge on any atom is 0.104 e. The first kappa shape index (κ1) is 14.5. The van der Waals surface area contributed by atoms with Gasteiger partial charge in [-0.1, -0.05) is 37.3 Å². The Bertz CT molecular complexity index is 647. The van der Waals surface area contributed by atoms with Crippen molar-refractivity contribution >= 4 is 28.6 Å². The average molecular weight is 284 g/mol. The van der Waals surface area contributed by atoms with Gasteiger partial charge in [0.05, 0.1) is 0 Å². The van der Waals surface area contributed by atoms with Crippen molar-refractivity contribution in [3.63, 3.8) is 0 Å². The van der Waals surface area contributed by atoms with Crippen molar-refractivity contribution < 1.29 is 0 Å². The fourth-order valence-electron chi connectivity index (χ4n) is 2.36. The van der Waals surface area contributed by atoms with Gasteiger partial charge in [-0.3, -0.25) is 0 Å². The number of rotatable bonds is 4. The Morgan fingerprint density at radius 1 is 1.15 bits per heavy atom. The summed E-state index contributed by atoms with van der Waals surface area (Å²) < 4.78 is 0. The Labute approximate surface area is 126 Å². The van der Waals surface area contributed by atoms with Crippen molar-refractivity contribution in [2.24, 2.45) is 5.73 Å². The van der Waals surface area contributed by atoms with Crippen LogP contribution < -0.4 is 11.1 Å². The van der Waals surface area contributed by atoms with Crippen molar-refractivity contribution in [1.82, 2.24) is 0 Å². The molecule has 0 aliphatic rings. The van der Waals surface area contributed by atoms with Crippen LogP contribution in [0.2, 0.25) is 0 Å². The minimum atomic E-state index is 0.444. The number of benzene rings is 2. The summed E-state index contributed by atoms with van der Waals surface area (Å²) in [6.45, 7) is 6.32. The minimum Gasteiger partial charge on any atom is -0.389 e. The lowest BCUT2D eigenvalue weighted by atomic mass is 10.0. The van der Waals surface area contributed by atoms with E-state index in [0.717, 1.165) is 23.2 Å². The molecule has 0 amide bonds. The fourth-order valence-corrected chi connectivity index (χ4v) is 2.59. The summed E-state index contributed by atoms with van der Waals surface area (Å²) in [5, 5.41) is 3.51. The molecule has 2 nitrogen and oxygen atoms in total. The van der Waals surface area contributed by atoms with Crippen molar-refractivity contribution in [1.29, 1.82) is 0 Å². The van der Waals surface area contributed by atoms with Crippen molar-refractivity contribution in [2.75, 3.05) is 5.32 Å². The molecule has 20 heavy (non-hydrogen) atoms. The summed E-state index contributed by atoms with van der Waals surface area (Å²) >= 11 is 5.04. The summed E-state index contributed by atoms with van der Waals surface area (Å²) in [6, 6.07) is 12.5. The first-order chi connectivity index (χ1) is 9.52. The van der Waals surface area contributed by atoms with Gasteiger partial charge in [-0.05, 0) is 55.2 Å². The van der Waals surface area contributed by atoms with Gasteiger partial charge in [-0.2, -0.15) is 0 Å². The van der Waals surface area contributed by atoms with E-state index in [9.17, 15) is 0 Å². The molecule has 0 atom stereocenters. The van der Waals surface area contributed by atoms with Crippen LogP contribution in [-0.4, -0.2) is 4.99 Å². The second kappa shape index (κ2) is 6.06. The zero-order chi connectivity index (χ0) is 14.7. The quantitative estimate of drug-likeness (QED) is 0.825. The Morgan fingerprint density at radius 3 is 2.50 bits per heavy atom. The minimum absolute atomic E-state index is 0.444. The van der Waals surface area contributed by atoms with Gasteiger partial charge in [-0.15, -0.1) is 0 Å². The maximum absolute atomic E-state index is 5.70. The van der Waals surface area contributed by atoms with Crippen LogP contribution in [0.5, 0.6) is 0 Å². The normalized spacial score (nSPS) is 10.3. The highest BCUT2D eigenvalue weighted by molar-refractivity contribution is 7.80. The predicted molar refractivity (Wildman–Crippen MR) is 90.9 cm³/mol. The number of anilines is 2. The molecule has 0 saturated heterocycles. The van der Waals surface area contributed by atoms with Crippen LogP contribution >= 0.6 is 12.2 Å². The molecular formula is C17H20N2S. The Morgan fingerprint density at radius 2 is 1.90 bits per heavy atom.